The van der Waals surface area contributed by atoms with Crippen molar-refractivity contribution in [1.29, 1.82) is 0 Å². The second kappa shape index (κ2) is 8.04. The van der Waals surface area contributed by atoms with Crippen LogP contribution in [0, 0.1) is 5.92 Å². The highest BCUT2D eigenvalue weighted by atomic mass is 16.3. The third-order valence-electron chi connectivity index (χ3n) is 2.95. The van der Waals surface area contributed by atoms with Crippen molar-refractivity contribution in [2.75, 3.05) is 26.2 Å². The number of hydrogen-bond donors (Lipinski definition) is 2. The molecule has 16 heavy (non-hydrogen) atoms. The van der Waals surface area contributed by atoms with E-state index in [0.29, 0.717) is 6.54 Å². The molecule has 0 rings (SSSR count). The van der Waals surface area contributed by atoms with Crippen LogP contribution in [0.1, 0.15) is 47.0 Å². The number of hydrogen-bond acceptors (Lipinski definition) is 3. The third-order valence-corrected chi connectivity index (χ3v) is 2.95. The molecule has 0 heterocycles. The summed E-state index contributed by atoms with van der Waals surface area (Å²) < 4.78 is 0. The van der Waals surface area contributed by atoms with Crippen LogP contribution in [-0.2, 0) is 0 Å². The molecule has 1 atom stereocenters. The van der Waals surface area contributed by atoms with Crippen molar-refractivity contribution in [1.82, 2.24) is 4.90 Å². The first-order valence-electron chi connectivity index (χ1n) is 6.56. The molecule has 0 spiro atoms. The van der Waals surface area contributed by atoms with E-state index in [1.807, 2.05) is 6.92 Å². The zero-order valence-electron chi connectivity index (χ0n) is 11.5. The van der Waals surface area contributed by atoms with E-state index in [1.165, 1.54) is 6.54 Å². The summed E-state index contributed by atoms with van der Waals surface area (Å²) in [7, 11) is 0. The van der Waals surface area contributed by atoms with Crippen LogP contribution >= 0.6 is 0 Å². The molecule has 0 fully saturated rings. The number of unbranched alkanes of at least 4 members (excludes halogenated alkanes) is 1. The van der Waals surface area contributed by atoms with Crippen LogP contribution in [0.25, 0.3) is 0 Å². The van der Waals surface area contributed by atoms with Gasteiger partial charge in [-0.15, -0.1) is 0 Å². The Bertz CT molecular complexity index is 169. The molecule has 3 nitrogen and oxygen atoms in total. The maximum atomic E-state index is 9.75. The second-order valence-corrected chi connectivity index (χ2v) is 5.45. The van der Waals surface area contributed by atoms with E-state index in [9.17, 15) is 5.11 Å². The number of nitrogens with two attached hydrogens (primary N) is 1. The van der Waals surface area contributed by atoms with Gasteiger partial charge in [-0.1, -0.05) is 20.8 Å². The molecule has 0 saturated carbocycles. The van der Waals surface area contributed by atoms with Crippen molar-refractivity contribution in [2.24, 2.45) is 11.7 Å². The maximum Gasteiger partial charge on any atom is 0.0741 e. The molecule has 0 aromatic carbocycles. The van der Waals surface area contributed by atoms with Crippen molar-refractivity contribution in [3.63, 3.8) is 0 Å². The van der Waals surface area contributed by atoms with Gasteiger partial charge >= 0.3 is 0 Å². The van der Waals surface area contributed by atoms with E-state index in [4.69, 9.17) is 5.73 Å². The predicted molar refractivity (Wildman–Crippen MR) is 70.5 cm³/mol. The minimum absolute atomic E-state index is 0.358. The third kappa shape index (κ3) is 8.08. The van der Waals surface area contributed by atoms with Crippen LogP contribution in [0.2, 0.25) is 0 Å². The van der Waals surface area contributed by atoms with Crippen LogP contribution in [0.4, 0.5) is 0 Å². The topological polar surface area (TPSA) is 49.5 Å². The Balaban J connectivity index is 3.63. The monoisotopic (exact) mass is 230 g/mol. The molecule has 0 amide bonds. The fourth-order valence-corrected chi connectivity index (χ4v) is 1.84. The lowest BCUT2D eigenvalue weighted by Gasteiger charge is -2.24. The first-order chi connectivity index (χ1) is 7.41. The summed E-state index contributed by atoms with van der Waals surface area (Å²) in [5.74, 6) is 0.729. The van der Waals surface area contributed by atoms with Gasteiger partial charge in [-0.25, -0.2) is 0 Å². The van der Waals surface area contributed by atoms with E-state index >= 15 is 0 Å². The van der Waals surface area contributed by atoms with Gasteiger partial charge in [0.25, 0.3) is 0 Å². The van der Waals surface area contributed by atoms with Gasteiger partial charge in [0.2, 0.25) is 0 Å². The summed E-state index contributed by atoms with van der Waals surface area (Å²) in [4.78, 5) is 2.47. The highest BCUT2D eigenvalue weighted by molar-refractivity contribution is 4.73. The molecule has 0 aliphatic carbocycles. The molecule has 0 aliphatic rings. The molecule has 3 heteroatoms. The van der Waals surface area contributed by atoms with Crippen molar-refractivity contribution in [3.05, 3.63) is 0 Å². The van der Waals surface area contributed by atoms with Crippen LogP contribution in [0.15, 0.2) is 0 Å². The standard InChI is InChI=1S/C13H30N2O/c1-5-15(10-12(2)3)9-7-6-8-13(4,16)11-14/h12,16H,5-11,14H2,1-4H3. The van der Waals surface area contributed by atoms with E-state index in [1.54, 1.807) is 0 Å². The van der Waals surface area contributed by atoms with Gasteiger partial charge in [-0.05, 0) is 45.2 Å². The Morgan fingerprint density at radius 3 is 2.38 bits per heavy atom. The number of nitrogens with zero attached hydrogens (tertiary/aromatic N) is 1. The Hall–Kier alpha value is -0.120. The van der Waals surface area contributed by atoms with Gasteiger partial charge in [0.1, 0.15) is 0 Å². The zero-order chi connectivity index (χ0) is 12.6. The first-order valence-corrected chi connectivity index (χ1v) is 6.56. The van der Waals surface area contributed by atoms with Gasteiger partial charge in [0, 0.05) is 13.1 Å². The molecule has 0 aromatic rings. The van der Waals surface area contributed by atoms with Gasteiger partial charge in [0.15, 0.2) is 0 Å². The summed E-state index contributed by atoms with van der Waals surface area (Å²) in [5, 5.41) is 9.75. The molecule has 0 saturated heterocycles. The van der Waals surface area contributed by atoms with Crippen LogP contribution < -0.4 is 5.73 Å². The Morgan fingerprint density at radius 1 is 1.31 bits per heavy atom. The predicted octanol–water partition coefficient (Wildman–Crippen LogP) is 1.84. The van der Waals surface area contributed by atoms with Crippen LogP contribution in [0.5, 0.6) is 0 Å². The maximum absolute atomic E-state index is 9.75. The fraction of sp³-hybridized carbons (Fsp3) is 1.00. The first kappa shape index (κ1) is 15.9. The lowest BCUT2D eigenvalue weighted by atomic mass is 9.99. The number of rotatable bonds is 9. The van der Waals surface area contributed by atoms with Crippen LogP contribution in [0.3, 0.4) is 0 Å². The number of aliphatic hydroxyl groups is 1. The second-order valence-electron chi connectivity index (χ2n) is 5.45. The van der Waals surface area contributed by atoms with Gasteiger partial charge < -0.3 is 15.7 Å². The fourth-order valence-electron chi connectivity index (χ4n) is 1.84. The molecule has 0 aliphatic heterocycles. The molecule has 0 radical (unpaired) electrons. The largest absolute Gasteiger partial charge is 0.389 e. The summed E-state index contributed by atoms with van der Waals surface area (Å²) in [6.07, 6.45) is 3.01. The Labute approximate surface area is 101 Å². The normalized spacial score (nSPS) is 15.8. The summed E-state index contributed by atoms with van der Waals surface area (Å²) >= 11 is 0. The van der Waals surface area contributed by atoms with E-state index < -0.39 is 5.60 Å². The quantitative estimate of drug-likeness (QED) is 0.594. The molecule has 3 N–H and O–H groups in total. The minimum Gasteiger partial charge on any atom is -0.389 e. The Kier molecular flexibility index (Phi) is 7.98. The molecule has 1 unspecified atom stereocenters. The molecule has 0 aromatic heterocycles. The average molecular weight is 230 g/mol. The van der Waals surface area contributed by atoms with Crippen LogP contribution in [-0.4, -0.2) is 41.8 Å². The molecular weight excluding hydrogens is 200 g/mol. The average Bonchev–Trinajstić information content (AvgIpc) is 2.22. The van der Waals surface area contributed by atoms with Crippen molar-refractivity contribution in [3.8, 4) is 0 Å². The van der Waals surface area contributed by atoms with E-state index in [-0.39, 0.29) is 0 Å². The highest BCUT2D eigenvalue weighted by Crippen LogP contribution is 2.12. The molecular formula is C13H30N2O. The molecule has 98 valence electrons. The van der Waals surface area contributed by atoms with Crippen molar-refractivity contribution < 1.29 is 5.11 Å². The lowest BCUT2D eigenvalue weighted by Crippen LogP contribution is -2.34. The van der Waals surface area contributed by atoms with Crippen molar-refractivity contribution >= 4 is 0 Å². The molecule has 0 bridgehead atoms. The summed E-state index contributed by atoms with van der Waals surface area (Å²) in [6.45, 7) is 12.3. The van der Waals surface area contributed by atoms with Gasteiger partial charge in [-0.2, -0.15) is 0 Å². The van der Waals surface area contributed by atoms with Gasteiger partial charge in [-0.3, -0.25) is 0 Å². The lowest BCUT2D eigenvalue weighted by molar-refractivity contribution is 0.0563. The SMILES string of the molecule is CCN(CCCCC(C)(O)CN)CC(C)C. The van der Waals surface area contributed by atoms with E-state index in [2.05, 4.69) is 25.7 Å². The summed E-state index contributed by atoms with van der Waals surface area (Å²) in [6, 6.07) is 0. The van der Waals surface area contributed by atoms with Gasteiger partial charge in [0.05, 0.1) is 5.60 Å². The minimum atomic E-state index is -0.672. The summed E-state index contributed by atoms with van der Waals surface area (Å²) in [5.41, 5.74) is 4.81. The van der Waals surface area contributed by atoms with E-state index in [0.717, 1.165) is 38.3 Å². The smallest absolute Gasteiger partial charge is 0.0741 e. The Morgan fingerprint density at radius 2 is 1.94 bits per heavy atom. The highest BCUT2D eigenvalue weighted by Gasteiger charge is 2.16. The zero-order valence-corrected chi connectivity index (χ0v) is 11.5. The van der Waals surface area contributed by atoms with Crippen molar-refractivity contribution in [2.45, 2.75) is 52.6 Å².